The maximum Gasteiger partial charge on any atom is 0.249 e. The van der Waals surface area contributed by atoms with Crippen LogP contribution in [0, 0.1) is 11.6 Å². The van der Waals surface area contributed by atoms with Gasteiger partial charge in [0.1, 0.15) is 6.04 Å². The summed E-state index contributed by atoms with van der Waals surface area (Å²) in [6.45, 7) is 0.194. The van der Waals surface area contributed by atoms with Crippen LogP contribution in [0.15, 0.2) is 40.9 Å². The van der Waals surface area contributed by atoms with Crippen molar-refractivity contribution in [2.24, 2.45) is 0 Å². The summed E-state index contributed by atoms with van der Waals surface area (Å²) in [5.74, 6) is -0.424. The minimum atomic E-state index is -0.541. The molecule has 3 aromatic rings. The van der Waals surface area contributed by atoms with E-state index in [0.717, 1.165) is 0 Å². The highest BCUT2D eigenvalue weighted by molar-refractivity contribution is 5.78. The molecule has 0 spiro atoms. The molecule has 30 heavy (non-hydrogen) atoms. The number of nitrogens with zero attached hydrogens (tertiary/aromatic N) is 3. The van der Waals surface area contributed by atoms with Crippen molar-refractivity contribution >= 4 is 5.91 Å². The number of carbonyl (C=O) groups is 1. The first kappa shape index (κ1) is 19.8. The SMILES string of the molecule is COc1ccc(CN2C(=O)CCC2c2nc(-c3ccc(OC)c(F)c3)no2)cc1F. The van der Waals surface area contributed by atoms with Crippen molar-refractivity contribution in [1.29, 1.82) is 0 Å². The van der Waals surface area contributed by atoms with E-state index in [1.54, 1.807) is 17.0 Å². The Bertz CT molecular complexity index is 1090. The predicted molar refractivity (Wildman–Crippen MR) is 102 cm³/mol. The van der Waals surface area contributed by atoms with E-state index < -0.39 is 17.7 Å². The molecule has 1 aromatic heterocycles. The van der Waals surface area contributed by atoms with Gasteiger partial charge in [0.25, 0.3) is 0 Å². The highest BCUT2D eigenvalue weighted by Gasteiger charge is 2.36. The normalized spacial score (nSPS) is 16.2. The van der Waals surface area contributed by atoms with Gasteiger partial charge in [0.15, 0.2) is 23.1 Å². The molecule has 7 nitrogen and oxygen atoms in total. The second-order valence-electron chi connectivity index (χ2n) is 6.85. The van der Waals surface area contributed by atoms with Crippen LogP contribution >= 0.6 is 0 Å². The Morgan fingerprint density at radius 2 is 1.80 bits per heavy atom. The molecule has 1 saturated heterocycles. The number of hydrogen-bond acceptors (Lipinski definition) is 6. The van der Waals surface area contributed by atoms with Crippen molar-refractivity contribution in [2.75, 3.05) is 14.2 Å². The van der Waals surface area contributed by atoms with Crippen LogP contribution in [0.25, 0.3) is 11.4 Å². The molecule has 1 unspecified atom stereocenters. The zero-order chi connectivity index (χ0) is 21.3. The summed E-state index contributed by atoms with van der Waals surface area (Å²) >= 11 is 0. The first-order valence-corrected chi connectivity index (χ1v) is 9.29. The van der Waals surface area contributed by atoms with Crippen molar-refractivity contribution in [1.82, 2.24) is 15.0 Å². The quantitative estimate of drug-likeness (QED) is 0.608. The first-order valence-electron chi connectivity index (χ1n) is 9.29. The van der Waals surface area contributed by atoms with Gasteiger partial charge >= 0.3 is 0 Å². The van der Waals surface area contributed by atoms with Crippen LogP contribution in [0.3, 0.4) is 0 Å². The van der Waals surface area contributed by atoms with Gasteiger partial charge in [0.05, 0.1) is 14.2 Å². The zero-order valence-corrected chi connectivity index (χ0v) is 16.4. The largest absolute Gasteiger partial charge is 0.494 e. The van der Waals surface area contributed by atoms with Crippen LogP contribution in [0.5, 0.6) is 11.5 Å². The Hall–Kier alpha value is -3.49. The van der Waals surface area contributed by atoms with E-state index in [1.807, 2.05) is 0 Å². The highest BCUT2D eigenvalue weighted by Crippen LogP contribution is 2.35. The fourth-order valence-corrected chi connectivity index (χ4v) is 3.49. The Kier molecular flexibility index (Phi) is 5.35. The fraction of sp³-hybridized carbons (Fsp3) is 0.286. The van der Waals surface area contributed by atoms with Crippen molar-refractivity contribution in [3.63, 3.8) is 0 Å². The molecule has 0 bridgehead atoms. The fourth-order valence-electron chi connectivity index (χ4n) is 3.49. The van der Waals surface area contributed by atoms with Crippen LogP contribution in [-0.4, -0.2) is 35.2 Å². The predicted octanol–water partition coefficient (Wildman–Crippen LogP) is 3.90. The van der Waals surface area contributed by atoms with Crippen molar-refractivity contribution in [3.05, 3.63) is 59.5 Å². The van der Waals surface area contributed by atoms with Gasteiger partial charge in [-0.2, -0.15) is 4.98 Å². The number of ether oxygens (including phenoxy) is 2. The number of amides is 1. The Labute approximate surface area is 171 Å². The lowest BCUT2D eigenvalue weighted by Crippen LogP contribution is -2.27. The molecular formula is C21H19F2N3O4. The number of benzene rings is 2. The molecule has 0 saturated carbocycles. The third kappa shape index (κ3) is 3.70. The van der Waals surface area contributed by atoms with E-state index in [9.17, 15) is 13.6 Å². The van der Waals surface area contributed by atoms with E-state index in [4.69, 9.17) is 14.0 Å². The Balaban J connectivity index is 1.56. The lowest BCUT2D eigenvalue weighted by atomic mass is 10.1. The van der Waals surface area contributed by atoms with Crippen LogP contribution in [0.1, 0.15) is 30.3 Å². The molecule has 4 rings (SSSR count). The minimum absolute atomic E-state index is 0.0912. The third-order valence-electron chi connectivity index (χ3n) is 5.03. The summed E-state index contributed by atoms with van der Waals surface area (Å²) in [6.07, 6.45) is 0.814. The number of carbonyl (C=O) groups excluding carboxylic acids is 1. The second kappa shape index (κ2) is 8.10. The molecule has 9 heteroatoms. The number of hydrogen-bond donors (Lipinski definition) is 0. The summed E-state index contributed by atoms with van der Waals surface area (Å²) in [7, 11) is 2.77. The van der Waals surface area contributed by atoms with Crippen LogP contribution < -0.4 is 9.47 Å². The monoisotopic (exact) mass is 415 g/mol. The molecular weight excluding hydrogens is 396 g/mol. The van der Waals surface area contributed by atoms with Crippen molar-refractivity contribution < 1.29 is 27.6 Å². The van der Waals surface area contributed by atoms with Gasteiger partial charge in [-0.3, -0.25) is 4.79 Å². The number of rotatable bonds is 6. The van der Waals surface area contributed by atoms with E-state index >= 15 is 0 Å². The standard InChI is InChI=1S/C21H19F2N3O4/c1-28-17-6-3-12(9-14(17)22)11-26-16(5-8-19(26)27)21-24-20(25-30-21)13-4-7-18(29-2)15(23)10-13/h3-4,6-7,9-10,16H,5,8,11H2,1-2H3. The average Bonchev–Trinajstić information content (AvgIpc) is 3.35. The van der Waals surface area contributed by atoms with Gasteiger partial charge in [-0.15, -0.1) is 0 Å². The lowest BCUT2D eigenvalue weighted by molar-refractivity contribution is -0.130. The maximum atomic E-state index is 14.0. The average molecular weight is 415 g/mol. The minimum Gasteiger partial charge on any atom is -0.494 e. The molecule has 0 N–H and O–H groups in total. The summed E-state index contributed by atoms with van der Waals surface area (Å²) < 4.78 is 43.2. The van der Waals surface area contributed by atoms with E-state index in [0.29, 0.717) is 24.0 Å². The molecule has 0 radical (unpaired) electrons. The molecule has 2 aromatic carbocycles. The molecule has 1 atom stereocenters. The molecule has 1 fully saturated rings. The Morgan fingerprint density at radius 3 is 2.47 bits per heavy atom. The van der Waals surface area contributed by atoms with E-state index in [1.165, 1.54) is 38.5 Å². The zero-order valence-electron chi connectivity index (χ0n) is 16.4. The summed E-state index contributed by atoms with van der Waals surface area (Å²) in [5, 5.41) is 3.92. The molecule has 1 amide bonds. The van der Waals surface area contributed by atoms with Gasteiger partial charge in [0.2, 0.25) is 17.6 Å². The highest BCUT2D eigenvalue weighted by atomic mass is 19.1. The lowest BCUT2D eigenvalue weighted by Gasteiger charge is -2.22. The van der Waals surface area contributed by atoms with Crippen molar-refractivity contribution in [3.8, 4) is 22.9 Å². The van der Waals surface area contributed by atoms with Gasteiger partial charge in [-0.05, 0) is 42.3 Å². The second-order valence-corrected chi connectivity index (χ2v) is 6.85. The van der Waals surface area contributed by atoms with Gasteiger partial charge in [-0.25, -0.2) is 8.78 Å². The van der Waals surface area contributed by atoms with Gasteiger partial charge in [0, 0.05) is 18.5 Å². The van der Waals surface area contributed by atoms with E-state index in [2.05, 4.69) is 10.1 Å². The third-order valence-corrected chi connectivity index (χ3v) is 5.03. The first-order chi connectivity index (χ1) is 14.5. The van der Waals surface area contributed by atoms with E-state index in [-0.39, 0.29) is 35.7 Å². The number of likely N-dealkylation sites (tertiary alicyclic amines) is 1. The molecule has 2 heterocycles. The molecule has 1 aliphatic rings. The molecule has 1 aliphatic heterocycles. The van der Waals surface area contributed by atoms with Crippen LogP contribution in [0.4, 0.5) is 8.78 Å². The van der Waals surface area contributed by atoms with Crippen LogP contribution in [-0.2, 0) is 11.3 Å². The summed E-state index contributed by atoms with van der Waals surface area (Å²) in [6, 6.07) is 8.46. The van der Waals surface area contributed by atoms with Crippen LogP contribution in [0.2, 0.25) is 0 Å². The number of halogens is 2. The van der Waals surface area contributed by atoms with Gasteiger partial charge < -0.3 is 18.9 Å². The number of aromatic nitrogens is 2. The van der Waals surface area contributed by atoms with Crippen molar-refractivity contribution in [2.45, 2.75) is 25.4 Å². The number of methoxy groups -OCH3 is 2. The topological polar surface area (TPSA) is 77.7 Å². The summed E-state index contributed by atoms with van der Waals surface area (Å²) in [4.78, 5) is 18.4. The van der Waals surface area contributed by atoms with Gasteiger partial charge in [-0.1, -0.05) is 11.2 Å². The molecule has 156 valence electrons. The maximum absolute atomic E-state index is 14.0. The molecule has 0 aliphatic carbocycles. The Morgan fingerprint density at radius 1 is 1.10 bits per heavy atom. The smallest absolute Gasteiger partial charge is 0.249 e. The summed E-state index contributed by atoms with van der Waals surface area (Å²) in [5.41, 5.74) is 1.04.